The van der Waals surface area contributed by atoms with Gasteiger partial charge in [-0.05, 0) is 35.9 Å². The van der Waals surface area contributed by atoms with Gasteiger partial charge in [0.25, 0.3) is 5.91 Å². The SMILES string of the molecule is O=C1C(O)=C(c2ccccc2)C(c2c(F)ccc(Cl)c2F)N1c1ccc2[nH]cnc2c1. The molecule has 0 saturated carbocycles. The number of rotatable bonds is 3. The Morgan fingerprint density at radius 1 is 1.06 bits per heavy atom. The van der Waals surface area contributed by atoms with E-state index in [0.29, 0.717) is 16.8 Å². The van der Waals surface area contributed by atoms with Crippen molar-refractivity contribution in [2.75, 3.05) is 4.90 Å². The van der Waals surface area contributed by atoms with Gasteiger partial charge in [-0.3, -0.25) is 9.69 Å². The van der Waals surface area contributed by atoms with Gasteiger partial charge < -0.3 is 10.1 Å². The summed E-state index contributed by atoms with van der Waals surface area (Å²) in [5.41, 5.74) is 1.74. The average molecular weight is 438 g/mol. The third-order valence-corrected chi connectivity index (χ3v) is 5.62. The van der Waals surface area contributed by atoms with Crippen molar-refractivity contribution in [2.45, 2.75) is 6.04 Å². The standard InChI is InChI=1S/C23H14ClF2N3O2/c24-14-7-8-15(25)19(20(14)26)21-18(12-4-2-1-3-5-12)22(30)23(31)29(21)13-6-9-16-17(10-13)28-11-27-16/h1-11,21,30H,(H,27,28). The van der Waals surface area contributed by atoms with Crippen LogP contribution in [0.5, 0.6) is 0 Å². The number of carbonyl (C=O) groups is 1. The van der Waals surface area contributed by atoms with Crippen LogP contribution in [0.2, 0.25) is 5.02 Å². The number of aromatic nitrogens is 2. The number of H-pyrrole nitrogens is 1. The van der Waals surface area contributed by atoms with Crippen LogP contribution in [0.15, 0.2) is 72.8 Å². The van der Waals surface area contributed by atoms with Crippen LogP contribution in [-0.4, -0.2) is 21.0 Å². The zero-order valence-electron chi connectivity index (χ0n) is 15.8. The Balaban J connectivity index is 1.78. The van der Waals surface area contributed by atoms with Gasteiger partial charge in [-0.25, -0.2) is 13.8 Å². The van der Waals surface area contributed by atoms with E-state index in [9.17, 15) is 14.3 Å². The summed E-state index contributed by atoms with van der Waals surface area (Å²) in [6.45, 7) is 0. The normalized spacial score (nSPS) is 16.5. The Bertz CT molecular complexity index is 1370. The number of aromatic amines is 1. The lowest BCUT2D eigenvalue weighted by atomic mass is 9.92. The molecule has 0 bridgehead atoms. The number of benzene rings is 3. The Hall–Kier alpha value is -3.71. The Kier molecular flexibility index (Phi) is 4.48. The number of carbonyl (C=O) groups excluding carboxylic acids is 1. The second kappa shape index (κ2) is 7.21. The largest absolute Gasteiger partial charge is 0.503 e. The monoisotopic (exact) mass is 437 g/mol. The van der Waals surface area contributed by atoms with Crippen LogP contribution in [0.3, 0.4) is 0 Å². The van der Waals surface area contributed by atoms with Crippen molar-refractivity contribution in [2.24, 2.45) is 0 Å². The minimum Gasteiger partial charge on any atom is -0.503 e. The molecule has 31 heavy (non-hydrogen) atoms. The molecular formula is C23H14ClF2N3O2. The molecule has 0 radical (unpaired) electrons. The van der Waals surface area contributed by atoms with Crippen molar-refractivity contribution in [3.63, 3.8) is 0 Å². The summed E-state index contributed by atoms with van der Waals surface area (Å²) < 4.78 is 30.1. The van der Waals surface area contributed by atoms with Crippen LogP contribution in [0.4, 0.5) is 14.5 Å². The molecule has 2 heterocycles. The fourth-order valence-electron chi connectivity index (χ4n) is 3.92. The summed E-state index contributed by atoms with van der Waals surface area (Å²) in [6, 6.07) is 14.3. The van der Waals surface area contributed by atoms with Crippen molar-refractivity contribution >= 4 is 39.8 Å². The van der Waals surface area contributed by atoms with Gasteiger partial charge >= 0.3 is 0 Å². The highest BCUT2D eigenvalue weighted by Gasteiger charge is 2.44. The summed E-state index contributed by atoms with van der Waals surface area (Å²) in [4.78, 5) is 21.5. The van der Waals surface area contributed by atoms with E-state index in [1.807, 2.05) is 0 Å². The van der Waals surface area contributed by atoms with E-state index in [2.05, 4.69) is 9.97 Å². The number of halogens is 3. The van der Waals surface area contributed by atoms with Gasteiger partial charge in [0, 0.05) is 11.3 Å². The number of nitrogens with zero attached hydrogens (tertiary/aromatic N) is 2. The van der Waals surface area contributed by atoms with Gasteiger partial charge in [-0.1, -0.05) is 41.9 Å². The summed E-state index contributed by atoms with van der Waals surface area (Å²) in [6.07, 6.45) is 1.50. The Morgan fingerprint density at radius 2 is 1.84 bits per heavy atom. The molecule has 1 amide bonds. The van der Waals surface area contributed by atoms with Crippen LogP contribution >= 0.6 is 11.6 Å². The lowest BCUT2D eigenvalue weighted by molar-refractivity contribution is -0.117. The highest BCUT2D eigenvalue weighted by Crippen LogP contribution is 2.47. The van der Waals surface area contributed by atoms with E-state index in [-0.39, 0.29) is 10.6 Å². The number of fused-ring (bicyclic) bond motifs is 1. The van der Waals surface area contributed by atoms with Gasteiger partial charge in [-0.2, -0.15) is 0 Å². The molecule has 3 aromatic carbocycles. The number of hydrogen-bond donors (Lipinski definition) is 2. The number of aliphatic hydroxyl groups excluding tert-OH is 1. The molecule has 5 rings (SSSR count). The quantitative estimate of drug-likeness (QED) is 0.413. The number of aliphatic hydroxyl groups is 1. The number of nitrogens with one attached hydrogen (secondary N) is 1. The third kappa shape index (κ3) is 2.97. The minimum atomic E-state index is -1.27. The smallest absolute Gasteiger partial charge is 0.294 e. The highest BCUT2D eigenvalue weighted by atomic mass is 35.5. The lowest BCUT2D eigenvalue weighted by Gasteiger charge is -2.28. The second-order valence-electron chi connectivity index (χ2n) is 7.07. The maximum absolute atomic E-state index is 15.1. The molecular weight excluding hydrogens is 424 g/mol. The summed E-state index contributed by atoms with van der Waals surface area (Å²) in [5, 5.41) is 10.5. The predicted octanol–water partition coefficient (Wildman–Crippen LogP) is 5.55. The van der Waals surface area contributed by atoms with Crippen LogP contribution in [0, 0.1) is 11.6 Å². The van der Waals surface area contributed by atoms with Crippen molar-refractivity contribution in [3.05, 3.63) is 101 Å². The molecule has 1 unspecified atom stereocenters. The molecule has 1 atom stereocenters. The molecule has 2 N–H and O–H groups in total. The van der Waals surface area contributed by atoms with Gasteiger partial charge in [0.1, 0.15) is 11.6 Å². The van der Waals surface area contributed by atoms with Gasteiger partial charge in [0.05, 0.1) is 34.0 Å². The zero-order chi connectivity index (χ0) is 21.7. The maximum Gasteiger partial charge on any atom is 0.294 e. The van der Waals surface area contributed by atoms with Crippen molar-refractivity contribution < 1.29 is 18.7 Å². The molecule has 0 fully saturated rings. The Labute approximate surface area is 180 Å². The van der Waals surface area contributed by atoms with E-state index in [1.165, 1.54) is 6.33 Å². The third-order valence-electron chi connectivity index (χ3n) is 5.33. The first-order valence-electron chi connectivity index (χ1n) is 9.36. The number of imidazole rings is 1. The fourth-order valence-corrected chi connectivity index (χ4v) is 4.09. The van der Waals surface area contributed by atoms with E-state index in [0.717, 1.165) is 22.5 Å². The van der Waals surface area contributed by atoms with Crippen LogP contribution < -0.4 is 4.90 Å². The minimum absolute atomic E-state index is 0.0905. The molecule has 0 aliphatic carbocycles. The summed E-state index contributed by atoms with van der Waals surface area (Å²) in [5.74, 6) is -3.24. The van der Waals surface area contributed by atoms with Crippen molar-refractivity contribution in [1.29, 1.82) is 0 Å². The maximum atomic E-state index is 15.1. The van der Waals surface area contributed by atoms with Crippen molar-refractivity contribution in [1.82, 2.24) is 9.97 Å². The molecule has 1 aliphatic rings. The molecule has 4 aromatic rings. The van der Waals surface area contributed by atoms with E-state index in [1.54, 1.807) is 48.5 Å². The topological polar surface area (TPSA) is 69.2 Å². The van der Waals surface area contributed by atoms with Gasteiger partial charge in [0.15, 0.2) is 5.76 Å². The van der Waals surface area contributed by atoms with E-state index in [4.69, 9.17) is 11.6 Å². The van der Waals surface area contributed by atoms with E-state index < -0.39 is 34.9 Å². The number of anilines is 1. The molecule has 0 saturated heterocycles. The lowest BCUT2D eigenvalue weighted by Crippen LogP contribution is -2.31. The highest BCUT2D eigenvalue weighted by molar-refractivity contribution is 6.30. The van der Waals surface area contributed by atoms with Crippen LogP contribution in [0.1, 0.15) is 17.2 Å². The fraction of sp³-hybridized carbons (Fsp3) is 0.0435. The number of amides is 1. The number of hydrogen-bond acceptors (Lipinski definition) is 3. The predicted molar refractivity (Wildman–Crippen MR) is 114 cm³/mol. The first-order chi connectivity index (χ1) is 15.0. The van der Waals surface area contributed by atoms with Crippen molar-refractivity contribution in [3.8, 4) is 0 Å². The molecule has 154 valence electrons. The molecule has 1 aromatic heterocycles. The van der Waals surface area contributed by atoms with Gasteiger partial charge in [0.2, 0.25) is 0 Å². The summed E-state index contributed by atoms with van der Waals surface area (Å²) in [7, 11) is 0. The van der Waals surface area contributed by atoms with Crippen LogP contribution in [0.25, 0.3) is 16.6 Å². The van der Waals surface area contributed by atoms with Gasteiger partial charge in [-0.15, -0.1) is 0 Å². The average Bonchev–Trinajstić information content (AvgIpc) is 3.34. The van der Waals surface area contributed by atoms with E-state index >= 15 is 4.39 Å². The molecule has 5 nitrogen and oxygen atoms in total. The first-order valence-corrected chi connectivity index (χ1v) is 9.74. The zero-order valence-corrected chi connectivity index (χ0v) is 16.6. The molecule has 0 spiro atoms. The Morgan fingerprint density at radius 3 is 2.61 bits per heavy atom. The first kappa shape index (κ1) is 19.3. The molecule has 8 heteroatoms. The molecule has 1 aliphatic heterocycles. The van der Waals surface area contributed by atoms with Crippen LogP contribution in [-0.2, 0) is 4.79 Å². The second-order valence-corrected chi connectivity index (χ2v) is 7.47. The summed E-state index contributed by atoms with van der Waals surface area (Å²) >= 11 is 5.95.